The summed E-state index contributed by atoms with van der Waals surface area (Å²) in [5.41, 5.74) is 1.10. The molecule has 3 aromatic rings. The third-order valence-corrected chi connectivity index (χ3v) is 4.57. The molecule has 0 aliphatic heterocycles. The van der Waals surface area contributed by atoms with Gasteiger partial charge in [-0.2, -0.15) is 0 Å². The first-order valence-corrected chi connectivity index (χ1v) is 8.97. The first-order valence-electron chi connectivity index (χ1n) is 8.18. The molecule has 0 aliphatic carbocycles. The molecule has 3 aromatic carbocycles. The maximum Gasteiger partial charge on any atom is 0.263 e. The Balaban J connectivity index is 1.67. The van der Waals surface area contributed by atoms with E-state index in [0.29, 0.717) is 12.3 Å². The van der Waals surface area contributed by atoms with E-state index in [-0.39, 0.29) is 5.91 Å². The molecule has 0 radical (unpaired) electrons. The fourth-order valence-corrected chi connectivity index (χ4v) is 3.15. The molecule has 0 spiro atoms. The molecule has 0 saturated heterocycles. The standard InChI is InChI=1S/C21H20BrNO2/c1-15(21(24)23(2)14-16-6-4-3-5-7-16)25-20-11-9-17-12-19(22)10-8-18(17)13-20/h3-13,15H,14H2,1-2H3/t15-/m0/s1. The fourth-order valence-electron chi connectivity index (χ4n) is 2.77. The zero-order chi connectivity index (χ0) is 17.8. The molecule has 4 heteroatoms. The summed E-state index contributed by atoms with van der Waals surface area (Å²) >= 11 is 3.47. The first kappa shape index (κ1) is 17.5. The Kier molecular flexibility index (Phi) is 5.39. The van der Waals surface area contributed by atoms with Crippen molar-refractivity contribution in [3.8, 4) is 5.75 Å². The van der Waals surface area contributed by atoms with E-state index in [9.17, 15) is 4.79 Å². The van der Waals surface area contributed by atoms with E-state index >= 15 is 0 Å². The van der Waals surface area contributed by atoms with Crippen molar-refractivity contribution in [1.82, 2.24) is 4.90 Å². The predicted octanol–water partition coefficient (Wildman–Crippen LogP) is 5.03. The minimum absolute atomic E-state index is 0.0419. The second kappa shape index (κ2) is 7.70. The summed E-state index contributed by atoms with van der Waals surface area (Å²) in [4.78, 5) is 14.2. The zero-order valence-electron chi connectivity index (χ0n) is 14.3. The van der Waals surface area contributed by atoms with Crippen molar-refractivity contribution in [3.05, 3.63) is 76.8 Å². The lowest BCUT2D eigenvalue weighted by Crippen LogP contribution is -2.37. The molecule has 1 amide bonds. The molecular formula is C21H20BrNO2. The average Bonchev–Trinajstić information content (AvgIpc) is 2.62. The predicted molar refractivity (Wildman–Crippen MR) is 105 cm³/mol. The quantitative estimate of drug-likeness (QED) is 0.604. The van der Waals surface area contributed by atoms with Crippen LogP contribution in [-0.4, -0.2) is 24.0 Å². The summed E-state index contributed by atoms with van der Waals surface area (Å²) in [5.74, 6) is 0.656. The monoisotopic (exact) mass is 397 g/mol. The van der Waals surface area contributed by atoms with Crippen molar-refractivity contribution in [1.29, 1.82) is 0 Å². The highest BCUT2D eigenvalue weighted by molar-refractivity contribution is 9.10. The van der Waals surface area contributed by atoms with Gasteiger partial charge in [0.1, 0.15) is 5.75 Å². The largest absolute Gasteiger partial charge is 0.481 e. The minimum Gasteiger partial charge on any atom is -0.481 e. The minimum atomic E-state index is -0.540. The lowest BCUT2D eigenvalue weighted by atomic mass is 10.1. The lowest BCUT2D eigenvalue weighted by Gasteiger charge is -2.22. The lowest BCUT2D eigenvalue weighted by molar-refractivity contribution is -0.137. The molecule has 0 unspecified atom stereocenters. The average molecular weight is 398 g/mol. The maximum absolute atomic E-state index is 12.6. The van der Waals surface area contributed by atoms with Gasteiger partial charge in [-0.1, -0.05) is 58.4 Å². The van der Waals surface area contributed by atoms with Crippen LogP contribution < -0.4 is 4.74 Å². The molecule has 128 valence electrons. The highest BCUT2D eigenvalue weighted by atomic mass is 79.9. The molecule has 0 bridgehead atoms. The molecule has 0 N–H and O–H groups in total. The van der Waals surface area contributed by atoms with Crippen molar-refractivity contribution in [3.63, 3.8) is 0 Å². The van der Waals surface area contributed by atoms with Crippen molar-refractivity contribution < 1.29 is 9.53 Å². The molecule has 25 heavy (non-hydrogen) atoms. The van der Waals surface area contributed by atoms with Crippen LogP contribution in [0.4, 0.5) is 0 Å². The van der Waals surface area contributed by atoms with Gasteiger partial charge >= 0.3 is 0 Å². The number of carbonyl (C=O) groups is 1. The van der Waals surface area contributed by atoms with Gasteiger partial charge in [0.05, 0.1) is 0 Å². The highest BCUT2D eigenvalue weighted by Crippen LogP contribution is 2.25. The number of hydrogen-bond acceptors (Lipinski definition) is 2. The Labute approximate surface area is 156 Å². The van der Waals surface area contributed by atoms with E-state index in [1.54, 1.807) is 18.9 Å². The van der Waals surface area contributed by atoms with Gasteiger partial charge < -0.3 is 9.64 Å². The summed E-state index contributed by atoms with van der Waals surface area (Å²) in [6, 6.07) is 21.9. The number of carbonyl (C=O) groups excluding carboxylic acids is 1. The molecule has 0 aromatic heterocycles. The van der Waals surface area contributed by atoms with Crippen LogP contribution in [0.1, 0.15) is 12.5 Å². The number of nitrogens with zero attached hydrogens (tertiary/aromatic N) is 1. The third kappa shape index (κ3) is 4.40. The summed E-state index contributed by atoms with van der Waals surface area (Å²) in [6.45, 7) is 2.36. The van der Waals surface area contributed by atoms with E-state index in [0.717, 1.165) is 20.8 Å². The van der Waals surface area contributed by atoms with Crippen molar-refractivity contribution in [2.75, 3.05) is 7.05 Å². The second-order valence-electron chi connectivity index (χ2n) is 6.09. The highest BCUT2D eigenvalue weighted by Gasteiger charge is 2.19. The van der Waals surface area contributed by atoms with Crippen LogP contribution in [0.2, 0.25) is 0 Å². The Morgan fingerprint density at radius 2 is 1.72 bits per heavy atom. The van der Waals surface area contributed by atoms with Gasteiger partial charge in [-0.3, -0.25) is 4.79 Å². The topological polar surface area (TPSA) is 29.5 Å². The van der Waals surface area contributed by atoms with Crippen molar-refractivity contribution in [2.24, 2.45) is 0 Å². The number of fused-ring (bicyclic) bond motifs is 1. The first-order chi connectivity index (χ1) is 12.0. The summed E-state index contributed by atoms with van der Waals surface area (Å²) in [7, 11) is 1.80. The Morgan fingerprint density at radius 3 is 2.48 bits per heavy atom. The number of ether oxygens (including phenoxy) is 1. The molecule has 0 saturated carbocycles. The summed E-state index contributed by atoms with van der Waals surface area (Å²) in [6.07, 6.45) is -0.540. The molecule has 0 aliphatic rings. The van der Waals surface area contributed by atoms with E-state index in [2.05, 4.69) is 22.0 Å². The van der Waals surface area contributed by atoms with E-state index < -0.39 is 6.10 Å². The molecule has 0 fully saturated rings. The third-order valence-electron chi connectivity index (χ3n) is 4.07. The van der Waals surface area contributed by atoms with Gasteiger partial charge in [-0.05, 0) is 47.5 Å². The van der Waals surface area contributed by atoms with Crippen LogP contribution in [0, 0.1) is 0 Å². The number of amides is 1. The normalized spacial score (nSPS) is 12.0. The zero-order valence-corrected chi connectivity index (χ0v) is 15.9. The fraction of sp³-hybridized carbons (Fsp3) is 0.190. The number of rotatable bonds is 5. The Morgan fingerprint density at radius 1 is 1.04 bits per heavy atom. The molecule has 0 heterocycles. The van der Waals surface area contributed by atoms with Crippen LogP contribution in [0.5, 0.6) is 5.75 Å². The van der Waals surface area contributed by atoms with Gasteiger partial charge in [0.2, 0.25) is 0 Å². The van der Waals surface area contributed by atoms with Gasteiger partial charge in [0.15, 0.2) is 6.10 Å². The summed E-state index contributed by atoms with van der Waals surface area (Å²) in [5, 5.41) is 2.21. The SMILES string of the molecule is C[C@H](Oc1ccc2cc(Br)ccc2c1)C(=O)N(C)Cc1ccccc1. The maximum atomic E-state index is 12.6. The molecule has 3 rings (SSSR count). The molecular weight excluding hydrogens is 378 g/mol. The van der Waals surface area contributed by atoms with E-state index in [1.807, 2.05) is 60.7 Å². The van der Waals surface area contributed by atoms with Gasteiger partial charge in [0, 0.05) is 18.1 Å². The van der Waals surface area contributed by atoms with Crippen LogP contribution >= 0.6 is 15.9 Å². The smallest absolute Gasteiger partial charge is 0.263 e. The number of hydrogen-bond donors (Lipinski definition) is 0. The van der Waals surface area contributed by atoms with Crippen LogP contribution in [0.3, 0.4) is 0 Å². The Bertz CT molecular complexity index is 879. The number of likely N-dealkylation sites (N-methyl/N-ethyl adjacent to an activating group) is 1. The van der Waals surface area contributed by atoms with E-state index in [1.165, 1.54) is 0 Å². The summed E-state index contributed by atoms with van der Waals surface area (Å²) < 4.78 is 6.91. The van der Waals surface area contributed by atoms with E-state index in [4.69, 9.17) is 4.74 Å². The second-order valence-corrected chi connectivity index (χ2v) is 7.01. The van der Waals surface area contributed by atoms with Crippen molar-refractivity contribution >= 4 is 32.6 Å². The number of halogens is 1. The van der Waals surface area contributed by atoms with Gasteiger partial charge in [-0.15, -0.1) is 0 Å². The van der Waals surface area contributed by atoms with Gasteiger partial charge in [-0.25, -0.2) is 0 Å². The molecule has 1 atom stereocenters. The van der Waals surface area contributed by atoms with Crippen molar-refractivity contribution in [2.45, 2.75) is 19.6 Å². The van der Waals surface area contributed by atoms with Gasteiger partial charge in [0.25, 0.3) is 5.91 Å². The molecule has 3 nitrogen and oxygen atoms in total. The number of benzene rings is 3. The Hall–Kier alpha value is -2.33. The van der Waals surface area contributed by atoms with Crippen LogP contribution in [0.15, 0.2) is 71.2 Å². The van der Waals surface area contributed by atoms with Crippen LogP contribution in [0.25, 0.3) is 10.8 Å². The van der Waals surface area contributed by atoms with Crippen LogP contribution in [-0.2, 0) is 11.3 Å².